The minimum Gasteiger partial charge on any atom is -0.493 e. The molecular formula is C31H34N4O4. The molecule has 0 spiro atoms. The molecule has 3 aromatic rings. The maximum Gasteiger partial charge on any atom is 0.257 e. The van der Waals surface area contributed by atoms with Gasteiger partial charge < -0.3 is 14.8 Å². The lowest BCUT2D eigenvalue weighted by atomic mass is 9.89. The summed E-state index contributed by atoms with van der Waals surface area (Å²) in [4.78, 5) is 29.4. The first-order chi connectivity index (χ1) is 19.0. The molecule has 5 rings (SSSR count). The molecule has 1 fully saturated rings. The van der Waals surface area contributed by atoms with Crippen molar-refractivity contribution in [1.29, 1.82) is 0 Å². The molecule has 1 atom stereocenters. The average molecular weight is 527 g/mol. The highest BCUT2D eigenvalue weighted by atomic mass is 16.5. The lowest BCUT2D eigenvalue weighted by Gasteiger charge is -2.29. The zero-order chi connectivity index (χ0) is 27.2. The molecule has 1 aliphatic carbocycles. The van der Waals surface area contributed by atoms with E-state index in [-0.39, 0.29) is 23.8 Å². The van der Waals surface area contributed by atoms with E-state index in [4.69, 9.17) is 14.6 Å². The van der Waals surface area contributed by atoms with Crippen molar-refractivity contribution in [3.63, 3.8) is 0 Å². The van der Waals surface area contributed by atoms with Crippen molar-refractivity contribution in [2.45, 2.75) is 58.1 Å². The lowest BCUT2D eigenvalue weighted by molar-refractivity contribution is -0.133. The lowest BCUT2D eigenvalue weighted by Crippen LogP contribution is -2.36. The highest BCUT2D eigenvalue weighted by Gasteiger charge is 2.30. The normalized spacial score (nSPS) is 17.6. The molecule has 0 radical (unpaired) electrons. The number of carbonyl (C=O) groups is 2. The Balaban J connectivity index is 1.33. The molecule has 2 heterocycles. The van der Waals surface area contributed by atoms with Crippen molar-refractivity contribution in [2.24, 2.45) is 11.0 Å². The Bertz CT molecular complexity index is 1330. The minimum absolute atomic E-state index is 0.00417. The van der Waals surface area contributed by atoms with E-state index in [1.165, 1.54) is 19.0 Å². The van der Waals surface area contributed by atoms with Crippen molar-refractivity contribution in [3.8, 4) is 11.5 Å². The molecule has 0 saturated heterocycles. The number of pyridine rings is 1. The molecule has 2 aliphatic rings. The van der Waals surface area contributed by atoms with E-state index >= 15 is 0 Å². The number of benzene rings is 2. The van der Waals surface area contributed by atoms with Crippen LogP contribution >= 0.6 is 0 Å². The van der Waals surface area contributed by atoms with E-state index in [1.807, 2.05) is 42.5 Å². The second-order valence-corrected chi connectivity index (χ2v) is 10.0. The van der Waals surface area contributed by atoms with Crippen molar-refractivity contribution in [2.75, 3.05) is 12.4 Å². The third kappa shape index (κ3) is 6.28. The van der Waals surface area contributed by atoms with Crippen LogP contribution < -0.4 is 14.8 Å². The van der Waals surface area contributed by atoms with Crippen LogP contribution in [0.2, 0.25) is 0 Å². The first-order valence-electron chi connectivity index (χ1n) is 13.6. The van der Waals surface area contributed by atoms with Crippen molar-refractivity contribution in [3.05, 3.63) is 83.7 Å². The van der Waals surface area contributed by atoms with Crippen LogP contribution in [0.1, 0.15) is 66.9 Å². The molecule has 202 valence electrons. The summed E-state index contributed by atoms with van der Waals surface area (Å²) >= 11 is 0. The van der Waals surface area contributed by atoms with Crippen molar-refractivity contribution >= 4 is 23.2 Å². The van der Waals surface area contributed by atoms with Gasteiger partial charge in [0.05, 0.1) is 31.0 Å². The molecule has 1 saturated carbocycles. The standard InChI is InChI=1S/C31H34N4O4/c1-3-22-18-29(36)35(20-21-10-13-25(14-11-21)33-31(37)24-7-6-16-32-19-24)34-30(22)23-12-15-27(38-2)28(17-23)39-26-8-4-5-9-26/h6-7,10-17,19,22,26H,3-5,8-9,18,20H2,1-2H3,(H,33,37). The number of anilines is 1. The van der Waals surface area contributed by atoms with Gasteiger partial charge in [0.15, 0.2) is 11.5 Å². The Morgan fingerprint density at radius 3 is 2.56 bits per heavy atom. The van der Waals surface area contributed by atoms with Crippen LogP contribution in [0.4, 0.5) is 5.69 Å². The van der Waals surface area contributed by atoms with Gasteiger partial charge in [0.2, 0.25) is 5.91 Å². The first kappa shape index (κ1) is 26.4. The maximum atomic E-state index is 13.0. The molecule has 0 bridgehead atoms. The van der Waals surface area contributed by atoms with Crippen LogP contribution in [0.25, 0.3) is 0 Å². The van der Waals surface area contributed by atoms with E-state index in [9.17, 15) is 9.59 Å². The summed E-state index contributed by atoms with van der Waals surface area (Å²) in [6.45, 7) is 2.43. The van der Waals surface area contributed by atoms with Crippen LogP contribution in [-0.2, 0) is 11.3 Å². The molecule has 1 aliphatic heterocycles. The van der Waals surface area contributed by atoms with Crippen LogP contribution in [0.15, 0.2) is 72.1 Å². The third-order valence-corrected chi connectivity index (χ3v) is 7.34. The fourth-order valence-electron chi connectivity index (χ4n) is 5.12. The highest BCUT2D eigenvalue weighted by molar-refractivity contribution is 6.06. The number of nitrogens with one attached hydrogen (secondary N) is 1. The third-order valence-electron chi connectivity index (χ3n) is 7.34. The second-order valence-electron chi connectivity index (χ2n) is 10.0. The number of nitrogens with zero attached hydrogens (tertiary/aromatic N) is 3. The van der Waals surface area contributed by atoms with Crippen LogP contribution in [0.3, 0.4) is 0 Å². The van der Waals surface area contributed by atoms with Gasteiger partial charge in [-0.3, -0.25) is 14.6 Å². The quantitative estimate of drug-likeness (QED) is 0.379. The van der Waals surface area contributed by atoms with Gasteiger partial charge in [-0.25, -0.2) is 5.01 Å². The first-order valence-corrected chi connectivity index (χ1v) is 13.6. The molecule has 1 unspecified atom stereocenters. The Morgan fingerprint density at radius 1 is 1.08 bits per heavy atom. The number of hydrazone groups is 1. The summed E-state index contributed by atoms with van der Waals surface area (Å²) in [5.74, 6) is 1.24. The molecule has 39 heavy (non-hydrogen) atoms. The number of aromatic nitrogens is 1. The largest absolute Gasteiger partial charge is 0.493 e. The summed E-state index contributed by atoms with van der Waals surface area (Å²) < 4.78 is 11.9. The number of methoxy groups -OCH3 is 1. The molecule has 8 nitrogen and oxygen atoms in total. The Hall–Kier alpha value is -4.20. The van der Waals surface area contributed by atoms with Crippen molar-refractivity contribution < 1.29 is 19.1 Å². The SMILES string of the molecule is CCC1CC(=O)N(Cc2ccc(NC(=O)c3cccnc3)cc2)N=C1c1ccc(OC)c(OC2CCCC2)c1. The van der Waals surface area contributed by atoms with Gasteiger partial charge in [-0.1, -0.05) is 19.1 Å². The fourth-order valence-corrected chi connectivity index (χ4v) is 5.12. The van der Waals surface area contributed by atoms with E-state index in [2.05, 4.69) is 17.2 Å². The second kappa shape index (κ2) is 12.1. The number of hydrogen-bond donors (Lipinski definition) is 1. The number of hydrogen-bond acceptors (Lipinski definition) is 6. The van der Waals surface area contributed by atoms with Gasteiger partial charge in [0.25, 0.3) is 5.91 Å². The maximum absolute atomic E-state index is 13.0. The summed E-state index contributed by atoms with van der Waals surface area (Å²) in [5.41, 5.74) is 3.91. The van der Waals surface area contributed by atoms with Crippen LogP contribution in [-0.4, -0.2) is 40.7 Å². The Kier molecular flexibility index (Phi) is 8.20. The summed E-state index contributed by atoms with van der Waals surface area (Å²) in [6.07, 6.45) is 9.06. The molecule has 1 aromatic heterocycles. The zero-order valence-electron chi connectivity index (χ0n) is 22.4. The van der Waals surface area contributed by atoms with E-state index in [0.29, 0.717) is 30.0 Å². The van der Waals surface area contributed by atoms with Gasteiger partial charge in [0.1, 0.15) is 0 Å². The monoisotopic (exact) mass is 526 g/mol. The summed E-state index contributed by atoms with van der Waals surface area (Å²) in [5, 5.41) is 9.27. The van der Waals surface area contributed by atoms with Gasteiger partial charge in [-0.2, -0.15) is 5.10 Å². The summed E-state index contributed by atoms with van der Waals surface area (Å²) in [6, 6.07) is 16.8. The number of ether oxygens (including phenoxy) is 2. The van der Waals surface area contributed by atoms with Gasteiger partial charge in [-0.15, -0.1) is 0 Å². The topological polar surface area (TPSA) is 93.1 Å². The van der Waals surface area contributed by atoms with E-state index in [0.717, 1.165) is 41.9 Å². The van der Waals surface area contributed by atoms with Crippen LogP contribution in [0, 0.1) is 5.92 Å². The predicted molar refractivity (Wildman–Crippen MR) is 150 cm³/mol. The number of carbonyl (C=O) groups excluding carboxylic acids is 2. The van der Waals surface area contributed by atoms with Crippen LogP contribution in [0.5, 0.6) is 11.5 Å². The smallest absolute Gasteiger partial charge is 0.257 e. The molecule has 8 heteroatoms. The van der Waals surface area contributed by atoms with Crippen molar-refractivity contribution in [1.82, 2.24) is 9.99 Å². The Labute approximate surface area is 229 Å². The summed E-state index contributed by atoms with van der Waals surface area (Å²) in [7, 11) is 1.65. The fraction of sp³-hybridized carbons (Fsp3) is 0.355. The Morgan fingerprint density at radius 2 is 1.87 bits per heavy atom. The van der Waals surface area contributed by atoms with Gasteiger partial charge in [0, 0.05) is 36.0 Å². The van der Waals surface area contributed by atoms with E-state index in [1.54, 1.807) is 30.4 Å². The molecular weight excluding hydrogens is 492 g/mol. The minimum atomic E-state index is -0.224. The average Bonchev–Trinajstić information content (AvgIpc) is 3.48. The van der Waals surface area contributed by atoms with E-state index < -0.39 is 0 Å². The number of amides is 2. The zero-order valence-corrected chi connectivity index (χ0v) is 22.4. The number of rotatable bonds is 9. The molecule has 1 N–H and O–H groups in total. The predicted octanol–water partition coefficient (Wildman–Crippen LogP) is 5.83. The molecule has 2 amide bonds. The molecule has 2 aromatic carbocycles. The van der Waals surface area contributed by atoms with Gasteiger partial charge >= 0.3 is 0 Å². The van der Waals surface area contributed by atoms with Gasteiger partial charge in [-0.05, 0) is 80.1 Å². The highest BCUT2D eigenvalue weighted by Crippen LogP contribution is 2.34.